The van der Waals surface area contributed by atoms with Crippen molar-refractivity contribution in [1.29, 1.82) is 0 Å². The third-order valence-electron chi connectivity index (χ3n) is 3.77. The van der Waals surface area contributed by atoms with Crippen molar-refractivity contribution in [2.45, 2.75) is 38.1 Å². The summed E-state index contributed by atoms with van der Waals surface area (Å²) in [5.74, 6) is -1.37. The molecule has 0 radical (unpaired) electrons. The molecule has 1 aromatic rings. The summed E-state index contributed by atoms with van der Waals surface area (Å²) in [5, 5.41) is 13.4. The van der Waals surface area contributed by atoms with Crippen LogP contribution < -0.4 is 5.32 Å². The average molecular weight is 266 g/mol. The molecule has 0 atom stereocenters. The third kappa shape index (κ3) is 2.57. The molecular weight excluding hydrogens is 251 g/mol. The van der Waals surface area contributed by atoms with Gasteiger partial charge in [-0.15, -0.1) is 0 Å². The highest BCUT2D eigenvalue weighted by atomic mass is 19.1. The van der Waals surface area contributed by atoms with Crippen LogP contribution >= 0.6 is 0 Å². The third-order valence-corrected chi connectivity index (χ3v) is 3.77. The van der Waals surface area contributed by atoms with Crippen molar-refractivity contribution in [2.24, 2.45) is 0 Å². The summed E-state index contributed by atoms with van der Waals surface area (Å²) in [6.07, 6.45) is 3.74. The van der Waals surface area contributed by atoms with Crippen molar-refractivity contribution in [3.8, 4) is 0 Å². The van der Waals surface area contributed by atoms with Crippen LogP contribution in [0.2, 0.25) is 0 Å². The largest absolute Gasteiger partial charge is 0.347 e. The number of rotatable bonds is 4. The van der Waals surface area contributed by atoms with E-state index in [4.69, 9.17) is 0 Å². The molecule has 0 heterocycles. The minimum Gasteiger partial charge on any atom is -0.347 e. The maximum Gasteiger partial charge on any atom is 0.304 e. The van der Waals surface area contributed by atoms with Gasteiger partial charge in [-0.2, -0.15) is 4.39 Å². The Kier molecular flexibility index (Phi) is 3.50. The van der Waals surface area contributed by atoms with E-state index in [0.29, 0.717) is 0 Å². The number of halogens is 1. The summed E-state index contributed by atoms with van der Waals surface area (Å²) in [5.41, 5.74) is -0.691. The molecule has 1 fully saturated rings. The number of benzene rings is 1. The molecular formula is C13H15FN2O3. The van der Waals surface area contributed by atoms with Gasteiger partial charge in [0.2, 0.25) is 5.82 Å². The number of nitro benzene ring substituents is 1. The van der Waals surface area contributed by atoms with E-state index < -0.39 is 16.4 Å². The second-order valence-corrected chi connectivity index (χ2v) is 4.86. The summed E-state index contributed by atoms with van der Waals surface area (Å²) in [4.78, 5) is 21.7. The molecule has 19 heavy (non-hydrogen) atoms. The molecule has 5 nitrogen and oxygen atoms in total. The van der Waals surface area contributed by atoms with Gasteiger partial charge in [0.15, 0.2) is 0 Å². The van der Waals surface area contributed by atoms with E-state index in [1.807, 2.05) is 6.92 Å². The highest BCUT2D eigenvalue weighted by Gasteiger charge is 2.36. The Morgan fingerprint density at radius 3 is 2.63 bits per heavy atom. The summed E-state index contributed by atoms with van der Waals surface area (Å²) in [7, 11) is 0. The number of carbonyl (C=O) groups excluding carboxylic acids is 1. The van der Waals surface area contributed by atoms with Crippen molar-refractivity contribution < 1.29 is 14.1 Å². The van der Waals surface area contributed by atoms with Gasteiger partial charge in [-0.25, -0.2) is 0 Å². The molecule has 1 N–H and O–H groups in total. The van der Waals surface area contributed by atoms with Crippen LogP contribution in [0.25, 0.3) is 0 Å². The Labute approximate surface area is 110 Å². The number of amides is 1. The van der Waals surface area contributed by atoms with Crippen molar-refractivity contribution >= 4 is 11.6 Å². The quantitative estimate of drug-likeness (QED) is 0.672. The van der Waals surface area contributed by atoms with Crippen LogP contribution in [0.1, 0.15) is 43.0 Å². The summed E-state index contributed by atoms with van der Waals surface area (Å²) in [6.45, 7) is 2.00. The zero-order valence-electron chi connectivity index (χ0n) is 10.6. The van der Waals surface area contributed by atoms with Gasteiger partial charge in [-0.3, -0.25) is 14.9 Å². The second-order valence-electron chi connectivity index (χ2n) is 4.86. The van der Waals surface area contributed by atoms with E-state index in [9.17, 15) is 19.3 Å². The Morgan fingerprint density at radius 1 is 1.53 bits per heavy atom. The molecule has 1 aliphatic carbocycles. The Balaban J connectivity index is 2.16. The number of nitrogens with zero attached hydrogens (tertiary/aromatic N) is 1. The van der Waals surface area contributed by atoms with Crippen molar-refractivity contribution in [1.82, 2.24) is 5.32 Å². The fourth-order valence-corrected chi connectivity index (χ4v) is 2.28. The summed E-state index contributed by atoms with van der Waals surface area (Å²) < 4.78 is 13.5. The standard InChI is InChI=1S/C13H15FN2O3/c1-2-13(6-3-7-13)15-12(17)9-4-5-11(16(18)19)10(14)8-9/h4-5,8H,2-3,6-7H2,1H3,(H,15,17). The first-order valence-corrected chi connectivity index (χ1v) is 6.24. The molecule has 0 spiro atoms. The fourth-order valence-electron chi connectivity index (χ4n) is 2.28. The van der Waals surface area contributed by atoms with Crippen molar-refractivity contribution in [2.75, 3.05) is 0 Å². The number of hydrogen-bond donors (Lipinski definition) is 1. The first-order chi connectivity index (χ1) is 8.97. The molecule has 1 saturated carbocycles. The molecule has 2 rings (SSSR count). The fraction of sp³-hybridized carbons (Fsp3) is 0.462. The molecule has 1 amide bonds. The Bertz CT molecular complexity index is 521. The van der Waals surface area contributed by atoms with Crippen LogP contribution in [0.3, 0.4) is 0 Å². The highest BCUT2D eigenvalue weighted by Crippen LogP contribution is 2.34. The Hall–Kier alpha value is -1.98. The lowest BCUT2D eigenvalue weighted by atomic mass is 9.74. The summed E-state index contributed by atoms with van der Waals surface area (Å²) in [6, 6.07) is 3.21. The molecule has 0 aromatic heterocycles. The molecule has 102 valence electrons. The summed E-state index contributed by atoms with van der Waals surface area (Å²) >= 11 is 0. The van der Waals surface area contributed by atoms with Crippen LogP contribution in [0.4, 0.5) is 10.1 Å². The smallest absolute Gasteiger partial charge is 0.304 e. The lowest BCUT2D eigenvalue weighted by Crippen LogP contribution is -2.52. The monoisotopic (exact) mass is 266 g/mol. The first-order valence-electron chi connectivity index (χ1n) is 6.24. The van der Waals surface area contributed by atoms with Gasteiger partial charge >= 0.3 is 5.69 Å². The SMILES string of the molecule is CCC1(NC(=O)c2ccc([N+](=O)[O-])c(F)c2)CCC1. The Morgan fingerprint density at radius 2 is 2.21 bits per heavy atom. The zero-order chi connectivity index (χ0) is 14.0. The van der Waals surface area contributed by atoms with Gasteiger partial charge < -0.3 is 5.32 Å². The second kappa shape index (κ2) is 4.95. The number of hydrogen-bond acceptors (Lipinski definition) is 3. The minimum atomic E-state index is -0.989. The van der Waals surface area contributed by atoms with Gasteiger partial charge in [-0.1, -0.05) is 6.92 Å². The predicted octanol–water partition coefficient (Wildman–Crippen LogP) is 2.80. The van der Waals surface area contributed by atoms with Crippen LogP contribution in [0.15, 0.2) is 18.2 Å². The molecule has 6 heteroatoms. The van der Waals surface area contributed by atoms with E-state index in [0.717, 1.165) is 37.8 Å². The average Bonchev–Trinajstić information content (AvgIpc) is 2.33. The van der Waals surface area contributed by atoms with Crippen LogP contribution in [0, 0.1) is 15.9 Å². The van der Waals surface area contributed by atoms with Gasteiger partial charge in [0, 0.05) is 17.2 Å². The molecule has 0 saturated heterocycles. The van der Waals surface area contributed by atoms with Gasteiger partial charge in [0.25, 0.3) is 5.91 Å². The lowest BCUT2D eigenvalue weighted by Gasteiger charge is -2.42. The maximum absolute atomic E-state index is 13.5. The van der Waals surface area contributed by atoms with E-state index in [2.05, 4.69) is 5.32 Å². The van der Waals surface area contributed by atoms with Gasteiger partial charge in [-0.05, 0) is 37.8 Å². The first kappa shape index (κ1) is 13.5. The topological polar surface area (TPSA) is 72.2 Å². The molecule has 1 aliphatic rings. The van der Waals surface area contributed by atoms with Crippen LogP contribution in [-0.4, -0.2) is 16.4 Å². The number of carbonyl (C=O) groups is 1. The predicted molar refractivity (Wildman–Crippen MR) is 67.4 cm³/mol. The van der Waals surface area contributed by atoms with Crippen LogP contribution in [-0.2, 0) is 0 Å². The van der Waals surface area contributed by atoms with Gasteiger partial charge in [0.1, 0.15) is 0 Å². The van der Waals surface area contributed by atoms with E-state index in [-0.39, 0.29) is 17.0 Å². The molecule has 0 aliphatic heterocycles. The van der Waals surface area contributed by atoms with E-state index in [1.54, 1.807) is 0 Å². The van der Waals surface area contributed by atoms with Gasteiger partial charge in [0.05, 0.1) is 4.92 Å². The van der Waals surface area contributed by atoms with E-state index in [1.165, 1.54) is 6.07 Å². The molecule has 1 aromatic carbocycles. The highest BCUT2D eigenvalue weighted by molar-refractivity contribution is 5.95. The molecule has 0 unspecified atom stereocenters. The molecule has 0 bridgehead atoms. The number of nitro groups is 1. The van der Waals surface area contributed by atoms with Crippen molar-refractivity contribution in [3.05, 3.63) is 39.7 Å². The van der Waals surface area contributed by atoms with E-state index >= 15 is 0 Å². The number of nitrogens with one attached hydrogen (secondary N) is 1. The van der Waals surface area contributed by atoms with Crippen molar-refractivity contribution in [3.63, 3.8) is 0 Å². The zero-order valence-corrected chi connectivity index (χ0v) is 10.6. The maximum atomic E-state index is 13.5. The van der Waals surface area contributed by atoms with Crippen LogP contribution in [0.5, 0.6) is 0 Å². The lowest BCUT2D eigenvalue weighted by molar-refractivity contribution is -0.387. The normalized spacial score (nSPS) is 16.5. The minimum absolute atomic E-state index is 0.114.